The lowest BCUT2D eigenvalue weighted by Gasteiger charge is -2.66. The fourth-order valence-electron chi connectivity index (χ4n) is 5.55. The average molecular weight is 378 g/mol. The van der Waals surface area contributed by atoms with Gasteiger partial charge in [0.15, 0.2) is 0 Å². The van der Waals surface area contributed by atoms with Gasteiger partial charge in [-0.2, -0.15) is 0 Å². The van der Waals surface area contributed by atoms with Gasteiger partial charge in [0.05, 0.1) is 17.5 Å². The molecule has 2 amide bonds. The summed E-state index contributed by atoms with van der Waals surface area (Å²) in [6.45, 7) is 16.1. The summed E-state index contributed by atoms with van der Waals surface area (Å²) < 4.78 is 0. The second-order valence-corrected chi connectivity index (χ2v) is 11.1. The van der Waals surface area contributed by atoms with Crippen LogP contribution in [-0.2, 0) is 9.59 Å². The van der Waals surface area contributed by atoms with Crippen molar-refractivity contribution < 1.29 is 9.59 Å². The van der Waals surface area contributed by atoms with Crippen molar-refractivity contribution in [2.24, 2.45) is 28.6 Å². The van der Waals surface area contributed by atoms with E-state index in [2.05, 4.69) is 64.4 Å². The minimum Gasteiger partial charge on any atom is -0.353 e. The number of fused-ring (bicyclic) bond motifs is 2. The smallest absolute Gasteiger partial charge is 0.237 e. The Bertz CT molecular complexity index is 603. The monoisotopic (exact) mass is 377 g/mol. The van der Waals surface area contributed by atoms with Gasteiger partial charge in [-0.1, -0.05) is 34.6 Å². The standard InChI is InChI=1S/C22H39N3O2/c1-13(20(2,3)4)24-18(26)15-11-14-12-17(21(14,5)6)22(15,7)25-19(27)16-9-8-10-23-16/h13-17,23H,8-12H2,1-7H3,(H,24,26)(H,25,27)/t13-,14-,15+,16+,17+,22-/m1/s1. The summed E-state index contributed by atoms with van der Waals surface area (Å²) in [7, 11) is 0. The zero-order valence-corrected chi connectivity index (χ0v) is 18.2. The Kier molecular flexibility index (Phi) is 5.16. The minimum absolute atomic E-state index is 0.0138. The van der Waals surface area contributed by atoms with Gasteiger partial charge in [-0.15, -0.1) is 0 Å². The molecule has 0 spiro atoms. The highest BCUT2D eigenvalue weighted by Gasteiger charge is 2.65. The van der Waals surface area contributed by atoms with Gasteiger partial charge >= 0.3 is 0 Å². The number of carbonyl (C=O) groups is 2. The van der Waals surface area contributed by atoms with Gasteiger partial charge in [0.25, 0.3) is 0 Å². The van der Waals surface area contributed by atoms with Gasteiger partial charge in [0, 0.05) is 6.04 Å². The molecule has 4 rings (SSSR count). The van der Waals surface area contributed by atoms with Crippen molar-refractivity contribution >= 4 is 11.8 Å². The van der Waals surface area contributed by atoms with Crippen LogP contribution < -0.4 is 16.0 Å². The van der Waals surface area contributed by atoms with Crippen molar-refractivity contribution in [1.29, 1.82) is 0 Å². The Hall–Kier alpha value is -1.10. The van der Waals surface area contributed by atoms with E-state index in [4.69, 9.17) is 0 Å². The summed E-state index contributed by atoms with van der Waals surface area (Å²) in [5.74, 6) is 0.916. The van der Waals surface area contributed by atoms with Crippen LogP contribution in [0.15, 0.2) is 0 Å². The molecule has 5 nitrogen and oxygen atoms in total. The zero-order valence-electron chi connectivity index (χ0n) is 18.2. The van der Waals surface area contributed by atoms with Crippen LogP contribution >= 0.6 is 0 Å². The second kappa shape index (κ2) is 6.75. The largest absolute Gasteiger partial charge is 0.353 e. The summed E-state index contributed by atoms with van der Waals surface area (Å²) >= 11 is 0. The molecule has 4 fully saturated rings. The molecule has 1 heterocycles. The molecule has 3 aliphatic carbocycles. The summed E-state index contributed by atoms with van der Waals surface area (Å²) in [5, 5.41) is 9.91. The molecular formula is C22H39N3O2. The molecule has 6 atom stereocenters. The first-order valence-electron chi connectivity index (χ1n) is 10.7. The van der Waals surface area contributed by atoms with Crippen LogP contribution in [0.2, 0.25) is 0 Å². The Balaban J connectivity index is 1.81. The lowest BCUT2D eigenvalue weighted by atomic mass is 9.40. The maximum atomic E-state index is 13.3. The predicted octanol–water partition coefficient (Wildman–Crippen LogP) is 2.85. The third-order valence-electron chi connectivity index (χ3n) is 8.18. The minimum atomic E-state index is -0.485. The fraction of sp³-hybridized carbons (Fsp3) is 0.909. The van der Waals surface area contributed by atoms with Crippen LogP contribution in [0.3, 0.4) is 0 Å². The van der Waals surface area contributed by atoms with Crippen LogP contribution in [0.5, 0.6) is 0 Å². The van der Waals surface area contributed by atoms with Crippen molar-refractivity contribution in [3.8, 4) is 0 Å². The normalized spacial score (nSPS) is 38.6. The van der Waals surface area contributed by atoms with Gasteiger partial charge < -0.3 is 16.0 Å². The topological polar surface area (TPSA) is 70.2 Å². The van der Waals surface area contributed by atoms with Crippen molar-refractivity contribution in [3.05, 3.63) is 0 Å². The molecule has 5 heteroatoms. The predicted molar refractivity (Wildman–Crippen MR) is 108 cm³/mol. The van der Waals surface area contributed by atoms with Crippen molar-refractivity contribution in [2.45, 2.75) is 91.8 Å². The molecule has 0 aromatic carbocycles. The average Bonchev–Trinajstić information content (AvgIpc) is 3.07. The van der Waals surface area contributed by atoms with E-state index in [0.717, 1.165) is 32.2 Å². The number of carbonyl (C=O) groups excluding carboxylic acids is 2. The summed E-state index contributed by atoms with van der Waals surface area (Å²) in [5.41, 5.74) is -0.293. The maximum absolute atomic E-state index is 13.3. The molecule has 4 aliphatic rings. The van der Waals surface area contributed by atoms with Gasteiger partial charge in [-0.05, 0) is 68.7 Å². The molecular weight excluding hydrogens is 338 g/mol. The van der Waals surface area contributed by atoms with E-state index in [1.807, 2.05) is 0 Å². The van der Waals surface area contributed by atoms with E-state index >= 15 is 0 Å². The highest BCUT2D eigenvalue weighted by atomic mass is 16.2. The second-order valence-electron chi connectivity index (χ2n) is 11.1. The van der Waals surface area contributed by atoms with Crippen LogP contribution in [0, 0.1) is 28.6 Å². The molecule has 0 aromatic rings. The number of amides is 2. The first-order chi connectivity index (χ1) is 12.4. The Morgan fingerprint density at radius 3 is 2.30 bits per heavy atom. The quantitative estimate of drug-likeness (QED) is 0.705. The van der Waals surface area contributed by atoms with Gasteiger partial charge in [-0.25, -0.2) is 0 Å². The van der Waals surface area contributed by atoms with E-state index in [0.29, 0.717) is 11.8 Å². The number of nitrogens with one attached hydrogen (secondary N) is 3. The Morgan fingerprint density at radius 1 is 1.11 bits per heavy atom. The first kappa shape index (κ1) is 20.6. The molecule has 0 unspecified atom stereocenters. The highest BCUT2D eigenvalue weighted by Crippen LogP contribution is 2.64. The van der Waals surface area contributed by atoms with Gasteiger partial charge in [-0.3, -0.25) is 9.59 Å². The lowest BCUT2D eigenvalue weighted by Crippen LogP contribution is -2.73. The van der Waals surface area contributed by atoms with Gasteiger partial charge in [0.2, 0.25) is 11.8 Å². The van der Waals surface area contributed by atoms with Crippen LogP contribution in [0.25, 0.3) is 0 Å². The third-order valence-corrected chi connectivity index (χ3v) is 8.18. The molecule has 0 radical (unpaired) electrons. The lowest BCUT2D eigenvalue weighted by molar-refractivity contribution is -0.172. The molecule has 0 aromatic heterocycles. The van der Waals surface area contributed by atoms with E-state index in [9.17, 15) is 9.59 Å². The Morgan fingerprint density at radius 2 is 1.78 bits per heavy atom. The van der Waals surface area contributed by atoms with E-state index in [1.54, 1.807) is 0 Å². The van der Waals surface area contributed by atoms with Crippen LogP contribution in [0.4, 0.5) is 0 Å². The summed E-state index contributed by atoms with van der Waals surface area (Å²) in [6.07, 6.45) is 3.90. The fourth-order valence-corrected chi connectivity index (χ4v) is 5.55. The molecule has 3 saturated carbocycles. The zero-order chi connectivity index (χ0) is 20.2. The third kappa shape index (κ3) is 3.52. The van der Waals surface area contributed by atoms with E-state index < -0.39 is 5.54 Å². The van der Waals surface area contributed by atoms with Crippen LogP contribution in [-0.4, -0.2) is 36.0 Å². The number of hydrogen-bond acceptors (Lipinski definition) is 3. The summed E-state index contributed by atoms with van der Waals surface area (Å²) in [6, 6.07) is -0.0207. The SMILES string of the molecule is C[C@@H](NC(=O)[C@@H]1C[C@@H]2C[C@@H](C2(C)C)[C@]1(C)NC(=O)[C@@H]1CCCN1)C(C)(C)C. The van der Waals surface area contributed by atoms with E-state index in [1.165, 1.54) is 0 Å². The molecule has 154 valence electrons. The van der Waals surface area contributed by atoms with Crippen molar-refractivity contribution in [3.63, 3.8) is 0 Å². The van der Waals surface area contributed by atoms with E-state index in [-0.39, 0.29) is 40.6 Å². The summed E-state index contributed by atoms with van der Waals surface area (Å²) in [4.78, 5) is 26.2. The molecule has 2 bridgehead atoms. The molecule has 3 N–H and O–H groups in total. The van der Waals surface area contributed by atoms with Crippen molar-refractivity contribution in [1.82, 2.24) is 16.0 Å². The van der Waals surface area contributed by atoms with Crippen LogP contribution in [0.1, 0.15) is 74.1 Å². The Labute approximate surface area is 164 Å². The number of hydrogen-bond donors (Lipinski definition) is 3. The molecule has 1 aliphatic heterocycles. The number of rotatable bonds is 4. The van der Waals surface area contributed by atoms with Crippen molar-refractivity contribution in [2.75, 3.05) is 6.54 Å². The van der Waals surface area contributed by atoms with Gasteiger partial charge in [0.1, 0.15) is 0 Å². The molecule has 27 heavy (non-hydrogen) atoms. The maximum Gasteiger partial charge on any atom is 0.237 e. The molecule has 1 saturated heterocycles. The highest BCUT2D eigenvalue weighted by molar-refractivity contribution is 5.86. The first-order valence-corrected chi connectivity index (χ1v) is 10.7.